The zero-order chi connectivity index (χ0) is 16.3. The van der Waals surface area contributed by atoms with E-state index in [9.17, 15) is 9.59 Å². The van der Waals surface area contributed by atoms with Crippen molar-refractivity contribution in [3.8, 4) is 0 Å². The van der Waals surface area contributed by atoms with E-state index in [1.54, 1.807) is 23.9 Å². The molecule has 0 radical (unpaired) electrons. The van der Waals surface area contributed by atoms with E-state index >= 15 is 0 Å². The molecule has 0 bridgehead atoms. The fourth-order valence-electron chi connectivity index (χ4n) is 2.42. The molecule has 2 amide bonds. The fraction of sp³-hybridized carbons (Fsp3) is 0.846. The zero-order valence-corrected chi connectivity index (χ0v) is 17.5. The van der Waals surface area contributed by atoms with Crippen LogP contribution in [0.1, 0.15) is 19.8 Å². The van der Waals surface area contributed by atoms with Gasteiger partial charge in [-0.25, -0.2) is 6.23 Å². The third-order valence-corrected chi connectivity index (χ3v) is 6.19. The van der Waals surface area contributed by atoms with E-state index in [2.05, 4.69) is 48.8 Å². The number of hydrogen-bond donors (Lipinski definition) is 0. The Morgan fingerprint density at radius 2 is 1.81 bits per heavy atom. The summed E-state index contributed by atoms with van der Waals surface area (Å²) in [5, 5.41) is 0. The van der Waals surface area contributed by atoms with Crippen molar-refractivity contribution in [2.75, 3.05) is 34.7 Å². The monoisotopic (exact) mass is 522 g/mol. The average Bonchev–Trinajstić information content (AvgIpc) is 2.77. The van der Waals surface area contributed by atoms with Gasteiger partial charge in [-0.3, -0.25) is 9.59 Å². The highest BCUT2D eigenvalue weighted by atomic mass is 127. The number of rotatable bonds is 5. The first-order chi connectivity index (χ1) is 9.66. The lowest BCUT2D eigenvalue weighted by molar-refractivity contribution is -0.133. The Bertz CT molecular complexity index is 392. The van der Waals surface area contributed by atoms with Crippen LogP contribution in [-0.4, -0.2) is 80.7 Å². The van der Waals surface area contributed by atoms with E-state index in [1.165, 1.54) is 0 Å². The Hall–Kier alpha value is 0.320. The first kappa shape index (κ1) is 19.4. The lowest BCUT2D eigenvalue weighted by atomic mass is 10.1. The van der Waals surface area contributed by atoms with Crippen molar-refractivity contribution in [3.63, 3.8) is 0 Å². The molecule has 21 heavy (non-hydrogen) atoms. The van der Waals surface area contributed by atoms with Crippen molar-refractivity contribution in [2.24, 2.45) is 0 Å². The molecule has 1 heterocycles. The van der Waals surface area contributed by atoms with E-state index in [0.717, 1.165) is 12.8 Å². The second kappa shape index (κ2) is 8.25. The maximum Gasteiger partial charge on any atom is 0.240 e. The van der Waals surface area contributed by atoms with Gasteiger partial charge in [0.15, 0.2) is 0 Å². The molecule has 122 valence electrons. The summed E-state index contributed by atoms with van der Waals surface area (Å²) in [6, 6.07) is 0.0257. The van der Waals surface area contributed by atoms with Crippen LogP contribution in [0.5, 0.6) is 0 Å². The lowest BCUT2D eigenvalue weighted by Gasteiger charge is -2.30. The first-order valence-electron chi connectivity index (χ1n) is 6.95. The van der Waals surface area contributed by atoms with Gasteiger partial charge < -0.3 is 9.80 Å². The molecule has 8 heteroatoms. The normalized spacial score (nSPS) is 24.2. The van der Waals surface area contributed by atoms with E-state index in [1.807, 2.05) is 24.1 Å². The SMILES string of the molecule is C[C@@H](C(=O)N(C)CC1CC[C@@H](C(=O)N(C)C)N1I)N(C)I. The summed E-state index contributed by atoms with van der Waals surface area (Å²) >= 11 is 4.36. The molecule has 0 aliphatic carbocycles. The highest BCUT2D eigenvalue weighted by molar-refractivity contribution is 14.1. The molecule has 0 aromatic carbocycles. The van der Waals surface area contributed by atoms with Gasteiger partial charge in [0.25, 0.3) is 0 Å². The predicted molar refractivity (Wildman–Crippen MR) is 100 cm³/mol. The van der Waals surface area contributed by atoms with Crippen molar-refractivity contribution in [3.05, 3.63) is 0 Å². The number of carbonyl (C=O) groups is 2. The van der Waals surface area contributed by atoms with Crippen LogP contribution >= 0.6 is 45.7 Å². The summed E-state index contributed by atoms with van der Waals surface area (Å²) in [5.74, 6) is 0.250. The number of halogens is 2. The van der Waals surface area contributed by atoms with E-state index in [-0.39, 0.29) is 29.9 Å². The van der Waals surface area contributed by atoms with Crippen LogP contribution in [0.15, 0.2) is 0 Å². The second-order valence-corrected chi connectivity index (χ2v) is 8.38. The molecule has 1 aliphatic heterocycles. The fourth-order valence-corrected chi connectivity index (χ4v) is 3.63. The van der Waals surface area contributed by atoms with E-state index in [4.69, 9.17) is 0 Å². The van der Waals surface area contributed by atoms with Crippen LogP contribution in [0, 0.1) is 0 Å². The molecule has 1 unspecified atom stereocenters. The van der Waals surface area contributed by atoms with Crippen LogP contribution in [0.3, 0.4) is 0 Å². The van der Waals surface area contributed by atoms with Crippen molar-refractivity contribution in [1.82, 2.24) is 16.0 Å². The summed E-state index contributed by atoms with van der Waals surface area (Å²) in [7, 11) is 7.30. The molecule has 1 rings (SSSR count). The Morgan fingerprint density at radius 1 is 1.24 bits per heavy atom. The minimum atomic E-state index is -0.140. The van der Waals surface area contributed by atoms with Crippen LogP contribution in [-0.2, 0) is 9.59 Å². The predicted octanol–water partition coefficient (Wildman–Crippen LogP) is 1.39. The Kier molecular flexibility index (Phi) is 7.61. The summed E-state index contributed by atoms with van der Waals surface area (Å²) in [6.07, 6.45) is 1.80. The molecule has 0 spiro atoms. The Morgan fingerprint density at radius 3 is 2.29 bits per heavy atom. The minimum absolute atomic E-state index is 0.0706. The number of amides is 2. The van der Waals surface area contributed by atoms with Crippen LogP contribution < -0.4 is 0 Å². The van der Waals surface area contributed by atoms with Gasteiger partial charge in [-0.05, 0) is 26.8 Å². The summed E-state index contributed by atoms with van der Waals surface area (Å²) < 4.78 is 3.97. The number of carbonyl (C=O) groups excluding carboxylic acids is 2. The van der Waals surface area contributed by atoms with Gasteiger partial charge in [-0.2, -0.15) is 0 Å². The van der Waals surface area contributed by atoms with Gasteiger partial charge in [0.2, 0.25) is 11.8 Å². The zero-order valence-electron chi connectivity index (χ0n) is 13.2. The Labute approximate surface area is 155 Å². The third-order valence-electron chi connectivity index (χ3n) is 3.90. The number of hydrogen-bond acceptors (Lipinski definition) is 4. The molecule has 6 nitrogen and oxygen atoms in total. The summed E-state index contributed by atoms with van der Waals surface area (Å²) in [4.78, 5) is 27.8. The quantitative estimate of drug-likeness (QED) is 0.405. The smallest absolute Gasteiger partial charge is 0.240 e. The molecular weight excluding hydrogens is 498 g/mol. The van der Waals surface area contributed by atoms with E-state index < -0.39 is 0 Å². The average molecular weight is 522 g/mol. The molecule has 1 saturated heterocycles. The van der Waals surface area contributed by atoms with E-state index in [0.29, 0.717) is 6.54 Å². The molecular formula is C13H24I2N4O2. The third kappa shape index (κ3) is 4.90. The molecule has 0 aromatic heterocycles. The maximum absolute atomic E-state index is 12.3. The first-order valence-corrected chi connectivity index (χ1v) is 8.88. The van der Waals surface area contributed by atoms with Gasteiger partial charge in [-0.1, -0.05) is 0 Å². The second-order valence-electron chi connectivity index (χ2n) is 5.74. The maximum atomic E-state index is 12.3. The van der Waals surface area contributed by atoms with Crippen molar-refractivity contribution in [2.45, 2.75) is 37.9 Å². The van der Waals surface area contributed by atoms with Gasteiger partial charge in [0.1, 0.15) is 0 Å². The number of nitrogens with zero attached hydrogens (tertiary/aromatic N) is 4. The molecule has 3 atom stereocenters. The lowest BCUT2D eigenvalue weighted by Crippen LogP contribution is -2.47. The van der Waals surface area contributed by atoms with Crippen molar-refractivity contribution in [1.29, 1.82) is 0 Å². The highest BCUT2D eigenvalue weighted by Gasteiger charge is 2.38. The molecule has 1 aliphatic rings. The summed E-state index contributed by atoms with van der Waals surface area (Å²) in [5.41, 5.74) is 0. The van der Waals surface area contributed by atoms with Gasteiger partial charge in [0, 0.05) is 79.5 Å². The van der Waals surface area contributed by atoms with Gasteiger partial charge in [0.05, 0.1) is 12.1 Å². The Balaban J connectivity index is 2.61. The van der Waals surface area contributed by atoms with Crippen molar-refractivity contribution >= 4 is 57.5 Å². The molecule has 1 fully saturated rings. The minimum Gasteiger partial charge on any atom is -0.347 e. The van der Waals surface area contributed by atoms with Crippen molar-refractivity contribution < 1.29 is 9.59 Å². The van der Waals surface area contributed by atoms with Gasteiger partial charge >= 0.3 is 0 Å². The highest BCUT2D eigenvalue weighted by Crippen LogP contribution is 2.29. The molecule has 0 N–H and O–H groups in total. The van der Waals surface area contributed by atoms with Crippen LogP contribution in [0.2, 0.25) is 0 Å². The standard InChI is InChI=1S/C13H24I2N4O2/c1-9(18(5)14)12(20)17(4)8-10-6-7-11(19(10)15)13(21)16(2)3/h9-11H,6-8H2,1-5H3/t9-,10?,11-/m0/s1. The van der Waals surface area contributed by atoms with Gasteiger partial charge in [-0.15, -0.1) is 0 Å². The molecule has 0 saturated carbocycles. The van der Waals surface area contributed by atoms with Crippen LogP contribution in [0.25, 0.3) is 0 Å². The van der Waals surface area contributed by atoms with Crippen LogP contribution in [0.4, 0.5) is 0 Å². The summed E-state index contributed by atoms with van der Waals surface area (Å²) in [6.45, 7) is 2.56. The topological polar surface area (TPSA) is 47.1 Å². The number of likely N-dealkylation sites (N-methyl/N-ethyl adjacent to an activating group) is 3. The largest absolute Gasteiger partial charge is 0.347 e. The molecule has 0 aromatic rings.